The second-order valence-electron chi connectivity index (χ2n) is 9.78. The van der Waals surface area contributed by atoms with Gasteiger partial charge in [-0.25, -0.2) is 0 Å². The van der Waals surface area contributed by atoms with Crippen molar-refractivity contribution >= 4 is 33.9 Å². The second-order valence-corrected chi connectivity index (χ2v) is 10.9. The van der Waals surface area contributed by atoms with Gasteiger partial charge in [-0.15, -0.1) is 11.3 Å². The number of aryl methyl sites for hydroxylation is 1. The maximum absolute atomic E-state index is 4.63. The number of hydrogen-bond acceptors (Lipinski definition) is 3. The van der Waals surface area contributed by atoms with Crippen molar-refractivity contribution < 1.29 is 0 Å². The van der Waals surface area contributed by atoms with E-state index in [9.17, 15) is 0 Å². The normalized spacial score (nSPS) is 18.6. The van der Waals surface area contributed by atoms with Crippen LogP contribution >= 0.6 is 11.3 Å². The highest BCUT2D eigenvalue weighted by atomic mass is 32.1. The number of benzene rings is 1. The van der Waals surface area contributed by atoms with Gasteiger partial charge in [-0.2, -0.15) is 0 Å². The Hall–Kier alpha value is -3.76. The predicted octanol–water partition coefficient (Wildman–Crippen LogP) is 8.73. The molecule has 7 rings (SSSR count). The molecule has 3 nitrogen and oxygen atoms in total. The SMILES string of the molecule is CC1CCC(c2ccc(-n3c4c(c5ccccc53)CCC=C4)s2)C=C1c1ccccn1.c1ccncc1. The quantitative estimate of drug-likeness (QED) is 0.247. The molecule has 0 amide bonds. The zero-order valence-electron chi connectivity index (χ0n) is 21.1. The van der Waals surface area contributed by atoms with Crippen molar-refractivity contribution in [3.05, 3.63) is 125 Å². The van der Waals surface area contributed by atoms with Crippen molar-refractivity contribution in [3.8, 4) is 5.00 Å². The second kappa shape index (κ2) is 10.7. The first-order chi connectivity index (χ1) is 18.3. The van der Waals surface area contributed by atoms with Gasteiger partial charge in [0.05, 0.1) is 16.9 Å². The fourth-order valence-electron chi connectivity index (χ4n) is 5.54. The van der Waals surface area contributed by atoms with Gasteiger partial charge in [-0.05, 0) is 91.3 Å². The van der Waals surface area contributed by atoms with Gasteiger partial charge in [-0.3, -0.25) is 9.97 Å². The Bertz CT molecular complexity index is 1520. The van der Waals surface area contributed by atoms with Gasteiger partial charge in [0.2, 0.25) is 0 Å². The molecule has 184 valence electrons. The molecule has 0 saturated heterocycles. The summed E-state index contributed by atoms with van der Waals surface area (Å²) >= 11 is 1.95. The maximum Gasteiger partial charge on any atom is 0.100 e. The fourth-order valence-corrected chi connectivity index (χ4v) is 6.68. The molecule has 1 aromatic carbocycles. The molecule has 2 aliphatic carbocycles. The van der Waals surface area contributed by atoms with E-state index in [0.29, 0.717) is 11.8 Å². The lowest BCUT2D eigenvalue weighted by Crippen LogP contribution is -2.10. The number of hydrogen-bond donors (Lipinski definition) is 0. The lowest BCUT2D eigenvalue weighted by Gasteiger charge is -2.25. The Morgan fingerprint density at radius 1 is 0.865 bits per heavy atom. The number of aromatic nitrogens is 3. The number of para-hydroxylation sites is 1. The van der Waals surface area contributed by atoms with E-state index in [1.807, 2.05) is 41.8 Å². The molecule has 0 spiro atoms. The van der Waals surface area contributed by atoms with Crippen LogP contribution in [-0.4, -0.2) is 14.5 Å². The summed E-state index contributed by atoms with van der Waals surface area (Å²) in [5.74, 6) is 1.04. The zero-order valence-corrected chi connectivity index (χ0v) is 21.9. The first-order valence-electron chi connectivity index (χ1n) is 13.2. The molecule has 0 fully saturated rings. The molecular formula is C33H31N3S. The van der Waals surface area contributed by atoms with Crippen molar-refractivity contribution in [2.45, 2.75) is 38.5 Å². The van der Waals surface area contributed by atoms with Crippen LogP contribution in [0.4, 0.5) is 0 Å². The summed E-state index contributed by atoms with van der Waals surface area (Å²) in [6.45, 7) is 2.33. The first-order valence-corrected chi connectivity index (χ1v) is 14.0. The Morgan fingerprint density at radius 2 is 1.70 bits per heavy atom. The molecule has 0 bridgehead atoms. The first kappa shape index (κ1) is 23.6. The molecule has 0 aliphatic heterocycles. The molecule has 0 radical (unpaired) electrons. The fraction of sp³-hybridized carbons (Fsp3) is 0.212. The molecule has 4 aromatic heterocycles. The zero-order chi connectivity index (χ0) is 25.0. The van der Waals surface area contributed by atoms with E-state index in [1.54, 1.807) is 12.4 Å². The third-order valence-corrected chi connectivity index (χ3v) is 8.61. The Balaban J connectivity index is 0.000000372. The molecule has 2 unspecified atom stereocenters. The summed E-state index contributed by atoms with van der Waals surface area (Å²) < 4.78 is 2.48. The van der Waals surface area contributed by atoms with Crippen LogP contribution in [0.2, 0.25) is 0 Å². The van der Waals surface area contributed by atoms with Crippen LogP contribution < -0.4 is 0 Å². The van der Waals surface area contributed by atoms with E-state index in [0.717, 1.165) is 18.5 Å². The highest BCUT2D eigenvalue weighted by molar-refractivity contribution is 7.14. The topological polar surface area (TPSA) is 30.7 Å². The van der Waals surface area contributed by atoms with Crippen molar-refractivity contribution in [2.24, 2.45) is 5.92 Å². The Labute approximate surface area is 222 Å². The van der Waals surface area contributed by atoms with E-state index >= 15 is 0 Å². The standard InChI is InChI=1S/C28H26N2S.C5H5N/c1-19-13-14-20(18-23(19)24-10-6-7-17-29-24)27-15-16-28(31-27)30-25-11-4-2-8-21(25)22-9-3-5-12-26(22)30;1-2-4-6-5-3-1/h2,4-8,10-12,15-20H,3,9,13-14H2,1H3;1-5H. The van der Waals surface area contributed by atoms with Crippen LogP contribution in [0.3, 0.4) is 0 Å². The largest absolute Gasteiger partial charge is 0.301 e. The molecule has 4 heteroatoms. The van der Waals surface area contributed by atoms with Crippen molar-refractivity contribution in [2.75, 3.05) is 0 Å². The van der Waals surface area contributed by atoms with Crippen LogP contribution in [-0.2, 0) is 6.42 Å². The average molecular weight is 502 g/mol. The number of rotatable bonds is 3. The smallest absolute Gasteiger partial charge is 0.100 e. The van der Waals surface area contributed by atoms with E-state index in [4.69, 9.17) is 0 Å². The van der Waals surface area contributed by atoms with E-state index < -0.39 is 0 Å². The highest BCUT2D eigenvalue weighted by Crippen LogP contribution is 2.42. The molecule has 5 aromatic rings. The van der Waals surface area contributed by atoms with Crippen molar-refractivity contribution in [1.82, 2.24) is 14.5 Å². The van der Waals surface area contributed by atoms with Crippen LogP contribution in [0.15, 0.2) is 104 Å². The lowest BCUT2D eigenvalue weighted by molar-refractivity contribution is 0.563. The van der Waals surface area contributed by atoms with Gasteiger partial charge in [0.15, 0.2) is 0 Å². The molecule has 0 N–H and O–H groups in total. The summed E-state index contributed by atoms with van der Waals surface area (Å²) in [5.41, 5.74) is 6.72. The monoisotopic (exact) mass is 501 g/mol. The van der Waals surface area contributed by atoms with Crippen LogP contribution in [0.25, 0.3) is 27.6 Å². The van der Waals surface area contributed by atoms with Gasteiger partial charge in [0.25, 0.3) is 0 Å². The van der Waals surface area contributed by atoms with Gasteiger partial charge >= 0.3 is 0 Å². The minimum absolute atomic E-state index is 0.472. The summed E-state index contributed by atoms with van der Waals surface area (Å²) in [5, 5.41) is 2.73. The van der Waals surface area contributed by atoms with E-state index in [-0.39, 0.29) is 0 Å². The summed E-state index contributed by atoms with van der Waals surface area (Å²) in [6, 6.07) is 25.5. The van der Waals surface area contributed by atoms with Crippen LogP contribution in [0.1, 0.15) is 53.9 Å². The van der Waals surface area contributed by atoms with E-state index in [2.05, 4.69) is 88.2 Å². The lowest BCUT2D eigenvalue weighted by atomic mass is 9.81. The average Bonchev–Trinajstić information content (AvgIpc) is 3.58. The Kier molecular flexibility index (Phi) is 6.83. The predicted molar refractivity (Wildman–Crippen MR) is 156 cm³/mol. The van der Waals surface area contributed by atoms with Crippen molar-refractivity contribution in [3.63, 3.8) is 0 Å². The minimum Gasteiger partial charge on any atom is -0.301 e. The van der Waals surface area contributed by atoms with Gasteiger partial charge in [0.1, 0.15) is 5.00 Å². The summed E-state index contributed by atoms with van der Waals surface area (Å²) in [7, 11) is 0. The summed E-state index contributed by atoms with van der Waals surface area (Å²) in [6.07, 6.45) is 17.2. The van der Waals surface area contributed by atoms with Gasteiger partial charge in [0, 0.05) is 34.8 Å². The molecule has 2 atom stereocenters. The number of nitrogens with zero attached hydrogens (tertiary/aromatic N) is 3. The Morgan fingerprint density at radius 3 is 2.49 bits per heavy atom. The van der Waals surface area contributed by atoms with Gasteiger partial charge in [-0.1, -0.05) is 49.4 Å². The minimum atomic E-state index is 0.472. The number of pyridine rings is 2. The van der Waals surface area contributed by atoms with Crippen LogP contribution in [0, 0.1) is 5.92 Å². The number of allylic oxidation sites excluding steroid dienone is 3. The van der Waals surface area contributed by atoms with Crippen molar-refractivity contribution in [1.29, 1.82) is 0 Å². The molecule has 0 saturated carbocycles. The van der Waals surface area contributed by atoms with E-state index in [1.165, 1.54) is 50.5 Å². The van der Waals surface area contributed by atoms with Crippen LogP contribution in [0.5, 0.6) is 0 Å². The third kappa shape index (κ3) is 4.82. The highest BCUT2D eigenvalue weighted by Gasteiger charge is 2.25. The maximum atomic E-state index is 4.63. The third-order valence-electron chi connectivity index (χ3n) is 7.40. The number of fused-ring (bicyclic) bond motifs is 3. The molecule has 4 heterocycles. The van der Waals surface area contributed by atoms with Gasteiger partial charge < -0.3 is 4.57 Å². The molecule has 37 heavy (non-hydrogen) atoms. The number of thiophene rings is 1. The summed E-state index contributed by atoms with van der Waals surface area (Å²) in [4.78, 5) is 9.88. The molecule has 2 aliphatic rings. The molecular weight excluding hydrogens is 470 g/mol.